The van der Waals surface area contributed by atoms with Gasteiger partial charge >= 0.3 is 0 Å². The maximum Gasteiger partial charge on any atom is 0.255 e. The van der Waals surface area contributed by atoms with E-state index in [0.29, 0.717) is 44.9 Å². The molecular formula is C23H25N5O3. The van der Waals surface area contributed by atoms with Crippen LogP contribution in [0, 0.1) is 0 Å². The van der Waals surface area contributed by atoms with Gasteiger partial charge in [-0.2, -0.15) is 5.10 Å². The van der Waals surface area contributed by atoms with Crippen molar-refractivity contribution in [1.82, 2.24) is 24.6 Å². The molecule has 4 heterocycles. The van der Waals surface area contributed by atoms with Gasteiger partial charge in [-0.25, -0.2) is 9.67 Å². The molecule has 2 aliphatic rings. The van der Waals surface area contributed by atoms with Gasteiger partial charge in [-0.3, -0.25) is 9.59 Å². The Morgan fingerprint density at radius 2 is 1.81 bits per heavy atom. The number of nitrogens with zero attached hydrogens (tertiary/aromatic N) is 5. The second-order valence-corrected chi connectivity index (χ2v) is 8.04. The Balaban J connectivity index is 1.24. The summed E-state index contributed by atoms with van der Waals surface area (Å²) in [6.07, 6.45) is 4.80. The molecule has 2 aliphatic heterocycles. The molecule has 0 saturated carbocycles. The third-order valence-corrected chi connectivity index (χ3v) is 5.98. The van der Waals surface area contributed by atoms with Crippen LogP contribution in [0.15, 0.2) is 48.8 Å². The fourth-order valence-corrected chi connectivity index (χ4v) is 4.25. The zero-order valence-corrected chi connectivity index (χ0v) is 17.3. The number of carbonyl (C=O) groups is 2. The first kappa shape index (κ1) is 19.7. The highest BCUT2D eigenvalue weighted by atomic mass is 16.5. The number of ether oxygens (including phenoxy) is 1. The molecule has 0 aliphatic carbocycles. The Morgan fingerprint density at radius 1 is 1.03 bits per heavy atom. The van der Waals surface area contributed by atoms with Gasteiger partial charge in [-0.15, -0.1) is 0 Å². The first-order chi connectivity index (χ1) is 15.2. The summed E-state index contributed by atoms with van der Waals surface area (Å²) in [5.41, 5.74) is 2.45. The number of rotatable bonds is 4. The van der Waals surface area contributed by atoms with Gasteiger partial charge in [0.25, 0.3) is 11.8 Å². The molecule has 160 valence electrons. The van der Waals surface area contributed by atoms with Gasteiger partial charge in [0.2, 0.25) is 0 Å². The van der Waals surface area contributed by atoms with Crippen molar-refractivity contribution in [2.24, 2.45) is 0 Å². The molecule has 0 N–H and O–H groups in total. The van der Waals surface area contributed by atoms with Crippen LogP contribution in [-0.4, -0.2) is 75.3 Å². The molecule has 8 nitrogen and oxygen atoms in total. The molecule has 0 radical (unpaired) electrons. The quantitative estimate of drug-likeness (QED) is 0.646. The molecule has 2 saturated heterocycles. The Morgan fingerprint density at radius 3 is 2.55 bits per heavy atom. The van der Waals surface area contributed by atoms with Crippen molar-refractivity contribution in [2.75, 3.05) is 32.8 Å². The van der Waals surface area contributed by atoms with Gasteiger partial charge in [0, 0.05) is 44.4 Å². The topological polar surface area (TPSA) is 80.6 Å². The largest absolute Gasteiger partial charge is 0.368 e. The highest BCUT2D eigenvalue weighted by molar-refractivity contribution is 5.97. The van der Waals surface area contributed by atoms with E-state index in [4.69, 9.17) is 4.74 Å². The van der Waals surface area contributed by atoms with Crippen molar-refractivity contribution in [3.63, 3.8) is 0 Å². The summed E-state index contributed by atoms with van der Waals surface area (Å²) < 4.78 is 7.35. The molecule has 2 fully saturated rings. The molecule has 0 bridgehead atoms. The van der Waals surface area contributed by atoms with Crippen LogP contribution in [0.3, 0.4) is 0 Å². The van der Waals surface area contributed by atoms with Crippen LogP contribution in [0.4, 0.5) is 0 Å². The van der Waals surface area contributed by atoms with Crippen LogP contribution in [0.2, 0.25) is 0 Å². The number of benzene rings is 1. The lowest BCUT2D eigenvalue weighted by molar-refractivity contribution is -0.142. The highest BCUT2D eigenvalue weighted by Crippen LogP contribution is 2.19. The van der Waals surface area contributed by atoms with Gasteiger partial charge in [0.1, 0.15) is 6.10 Å². The molecular weight excluding hydrogens is 394 g/mol. The molecule has 31 heavy (non-hydrogen) atoms. The van der Waals surface area contributed by atoms with Crippen LogP contribution < -0.4 is 0 Å². The first-order valence-electron chi connectivity index (χ1n) is 10.7. The summed E-state index contributed by atoms with van der Waals surface area (Å²) in [7, 11) is 0. The second kappa shape index (κ2) is 8.47. The van der Waals surface area contributed by atoms with Crippen molar-refractivity contribution in [3.8, 4) is 0 Å². The van der Waals surface area contributed by atoms with Gasteiger partial charge in [0.15, 0.2) is 5.65 Å². The molecule has 1 atom stereocenters. The molecule has 2 amide bonds. The monoisotopic (exact) mass is 419 g/mol. The maximum atomic E-state index is 13.0. The van der Waals surface area contributed by atoms with Crippen LogP contribution in [0.25, 0.3) is 11.0 Å². The summed E-state index contributed by atoms with van der Waals surface area (Å²) in [5.74, 6) is -0.00654. The van der Waals surface area contributed by atoms with E-state index in [1.807, 2.05) is 33.8 Å². The lowest BCUT2D eigenvalue weighted by Crippen LogP contribution is -2.52. The number of hydrogen-bond donors (Lipinski definition) is 0. The fourth-order valence-electron chi connectivity index (χ4n) is 4.25. The van der Waals surface area contributed by atoms with E-state index in [9.17, 15) is 9.59 Å². The van der Waals surface area contributed by atoms with E-state index in [1.54, 1.807) is 17.3 Å². The molecule has 0 spiro atoms. The average molecular weight is 419 g/mol. The third-order valence-electron chi connectivity index (χ3n) is 5.98. The summed E-state index contributed by atoms with van der Waals surface area (Å²) in [4.78, 5) is 33.6. The predicted octanol–water partition coefficient (Wildman–Crippen LogP) is 1.94. The van der Waals surface area contributed by atoms with Crippen molar-refractivity contribution >= 4 is 22.8 Å². The number of hydrogen-bond acceptors (Lipinski definition) is 5. The molecule has 3 aromatic rings. The molecule has 2 aromatic heterocycles. The SMILES string of the molecule is O=C(c1cnc2c(cnn2Cc2ccccc2)c1)N1CCN(C(=O)C2CCCO2)CC1. The number of piperazine rings is 1. The van der Waals surface area contributed by atoms with Crippen molar-refractivity contribution < 1.29 is 14.3 Å². The van der Waals surface area contributed by atoms with Crippen molar-refractivity contribution in [2.45, 2.75) is 25.5 Å². The standard InChI is InChI=1S/C23H25N5O3/c29-22(26-8-10-27(11-9-26)23(30)20-7-4-12-31-20)19-13-18-15-25-28(21(18)24-14-19)16-17-5-2-1-3-6-17/h1-3,5-6,13-15,20H,4,7-12,16H2. The minimum absolute atomic E-state index is 0.0542. The molecule has 1 aromatic carbocycles. The van der Waals surface area contributed by atoms with E-state index in [-0.39, 0.29) is 17.9 Å². The average Bonchev–Trinajstić information content (AvgIpc) is 3.49. The molecule has 8 heteroatoms. The van der Waals surface area contributed by atoms with E-state index < -0.39 is 0 Å². The van der Waals surface area contributed by atoms with E-state index in [1.165, 1.54) is 0 Å². The van der Waals surface area contributed by atoms with Crippen LogP contribution in [0.5, 0.6) is 0 Å². The third kappa shape index (κ3) is 4.03. The van der Waals surface area contributed by atoms with E-state index in [0.717, 1.165) is 29.4 Å². The maximum absolute atomic E-state index is 13.0. The number of fused-ring (bicyclic) bond motifs is 1. The smallest absolute Gasteiger partial charge is 0.255 e. The summed E-state index contributed by atoms with van der Waals surface area (Å²) in [6.45, 7) is 3.40. The van der Waals surface area contributed by atoms with Gasteiger partial charge in [-0.05, 0) is 24.5 Å². The lowest BCUT2D eigenvalue weighted by Gasteiger charge is -2.35. The number of amides is 2. The van der Waals surface area contributed by atoms with E-state index in [2.05, 4.69) is 22.2 Å². The Labute approximate surface area is 180 Å². The van der Waals surface area contributed by atoms with Crippen LogP contribution in [0.1, 0.15) is 28.8 Å². The number of carbonyl (C=O) groups excluding carboxylic acids is 2. The first-order valence-corrected chi connectivity index (χ1v) is 10.7. The summed E-state index contributed by atoms with van der Waals surface area (Å²) >= 11 is 0. The Hall–Kier alpha value is -3.26. The van der Waals surface area contributed by atoms with Gasteiger partial charge in [-0.1, -0.05) is 30.3 Å². The Kier molecular flexibility index (Phi) is 5.38. The molecule has 5 rings (SSSR count). The van der Waals surface area contributed by atoms with Gasteiger partial charge in [0.05, 0.1) is 18.3 Å². The zero-order chi connectivity index (χ0) is 21.2. The predicted molar refractivity (Wildman–Crippen MR) is 115 cm³/mol. The van der Waals surface area contributed by atoms with E-state index >= 15 is 0 Å². The number of aromatic nitrogens is 3. The lowest BCUT2D eigenvalue weighted by atomic mass is 10.1. The minimum atomic E-state index is -0.304. The zero-order valence-electron chi connectivity index (χ0n) is 17.3. The minimum Gasteiger partial charge on any atom is -0.368 e. The van der Waals surface area contributed by atoms with Crippen LogP contribution in [-0.2, 0) is 16.1 Å². The second-order valence-electron chi connectivity index (χ2n) is 8.04. The Bertz CT molecular complexity index is 1080. The summed E-state index contributed by atoms with van der Waals surface area (Å²) in [5, 5.41) is 5.29. The van der Waals surface area contributed by atoms with Crippen molar-refractivity contribution in [1.29, 1.82) is 0 Å². The van der Waals surface area contributed by atoms with Crippen molar-refractivity contribution in [3.05, 3.63) is 59.9 Å². The fraction of sp³-hybridized carbons (Fsp3) is 0.391. The normalized spacial score (nSPS) is 19.2. The number of pyridine rings is 1. The summed E-state index contributed by atoms with van der Waals surface area (Å²) in [6, 6.07) is 11.9. The molecule has 1 unspecified atom stereocenters. The highest BCUT2D eigenvalue weighted by Gasteiger charge is 2.31. The van der Waals surface area contributed by atoms with Crippen LogP contribution >= 0.6 is 0 Å². The van der Waals surface area contributed by atoms with Gasteiger partial charge < -0.3 is 14.5 Å².